The van der Waals surface area contributed by atoms with Crippen molar-refractivity contribution in [1.82, 2.24) is 9.78 Å². The summed E-state index contributed by atoms with van der Waals surface area (Å²) < 4.78 is 20.8. The van der Waals surface area contributed by atoms with Gasteiger partial charge in [0.2, 0.25) is 0 Å². The number of aryl methyl sites for hydroxylation is 2. The van der Waals surface area contributed by atoms with Gasteiger partial charge >= 0.3 is 0 Å². The lowest BCUT2D eigenvalue weighted by molar-refractivity contribution is 0.293. The van der Waals surface area contributed by atoms with Crippen LogP contribution in [0.3, 0.4) is 0 Å². The minimum atomic E-state index is -0.512. The minimum absolute atomic E-state index is 0.0133. The number of nitrogens with zero attached hydrogens (tertiary/aromatic N) is 2. The SMILES string of the molecule is Cc1nn(C)c(COc2ccc(C(N)=S)c(F)c2)c1Cl. The smallest absolute Gasteiger partial charge is 0.137 e. The molecular weight excluding hydrogens is 301 g/mol. The van der Waals surface area contributed by atoms with E-state index in [1.54, 1.807) is 17.8 Å². The first-order valence-corrected chi connectivity index (χ1v) is 6.59. The standard InChI is InChI=1S/C13H13ClFN3OS/c1-7-12(14)11(18(2)17-7)6-19-8-3-4-9(13(16)20)10(15)5-8/h3-5H,6H2,1-2H3,(H2,16,20). The van der Waals surface area contributed by atoms with Crippen molar-refractivity contribution in [3.05, 3.63) is 46.0 Å². The average Bonchev–Trinajstić information content (AvgIpc) is 2.61. The average molecular weight is 314 g/mol. The highest BCUT2D eigenvalue weighted by molar-refractivity contribution is 7.80. The second kappa shape index (κ2) is 5.76. The molecule has 2 rings (SSSR count). The van der Waals surface area contributed by atoms with E-state index >= 15 is 0 Å². The lowest BCUT2D eigenvalue weighted by atomic mass is 10.2. The van der Waals surface area contributed by atoms with E-state index in [2.05, 4.69) is 5.10 Å². The van der Waals surface area contributed by atoms with Crippen LogP contribution in [0.4, 0.5) is 4.39 Å². The quantitative estimate of drug-likeness (QED) is 0.882. The molecule has 0 unspecified atom stereocenters. The molecule has 20 heavy (non-hydrogen) atoms. The summed E-state index contributed by atoms with van der Waals surface area (Å²) in [6.45, 7) is 2.00. The molecule has 0 spiro atoms. The Bertz CT molecular complexity index is 672. The Morgan fingerprint density at radius 3 is 2.75 bits per heavy atom. The molecule has 7 heteroatoms. The molecule has 1 aromatic carbocycles. The van der Waals surface area contributed by atoms with E-state index in [1.807, 2.05) is 6.92 Å². The number of aromatic nitrogens is 2. The monoisotopic (exact) mass is 313 g/mol. The van der Waals surface area contributed by atoms with Gasteiger partial charge in [-0.25, -0.2) is 4.39 Å². The number of rotatable bonds is 4. The van der Waals surface area contributed by atoms with E-state index < -0.39 is 5.82 Å². The van der Waals surface area contributed by atoms with Crippen molar-refractivity contribution in [3.63, 3.8) is 0 Å². The van der Waals surface area contributed by atoms with Gasteiger partial charge in [0.05, 0.1) is 16.4 Å². The van der Waals surface area contributed by atoms with Crippen LogP contribution in [0.25, 0.3) is 0 Å². The van der Waals surface area contributed by atoms with Crippen molar-refractivity contribution in [1.29, 1.82) is 0 Å². The predicted octanol–water partition coefficient (Wildman–Crippen LogP) is 2.73. The third-order valence-electron chi connectivity index (χ3n) is 2.84. The van der Waals surface area contributed by atoms with Gasteiger partial charge in [-0.05, 0) is 19.1 Å². The van der Waals surface area contributed by atoms with Crippen LogP contribution in [-0.4, -0.2) is 14.8 Å². The number of ether oxygens (including phenoxy) is 1. The summed E-state index contributed by atoms with van der Waals surface area (Å²) in [6.07, 6.45) is 0. The van der Waals surface area contributed by atoms with E-state index in [-0.39, 0.29) is 17.2 Å². The van der Waals surface area contributed by atoms with Gasteiger partial charge in [0.25, 0.3) is 0 Å². The second-order valence-electron chi connectivity index (χ2n) is 4.26. The summed E-state index contributed by atoms with van der Waals surface area (Å²) >= 11 is 10.8. The molecule has 0 aliphatic carbocycles. The zero-order chi connectivity index (χ0) is 14.9. The Balaban J connectivity index is 2.15. The lowest BCUT2D eigenvalue weighted by Gasteiger charge is -2.08. The summed E-state index contributed by atoms with van der Waals surface area (Å²) in [5.41, 5.74) is 7.04. The Morgan fingerprint density at radius 2 is 2.25 bits per heavy atom. The molecule has 1 heterocycles. The molecule has 1 aromatic heterocycles. The van der Waals surface area contributed by atoms with E-state index in [0.717, 1.165) is 11.4 Å². The van der Waals surface area contributed by atoms with Gasteiger partial charge in [-0.2, -0.15) is 5.10 Å². The topological polar surface area (TPSA) is 53.1 Å². The van der Waals surface area contributed by atoms with E-state index in [4.69, 9.17) is 34.3 Å². The van der Waals surface area contributed by atoms with Crippen molar-refractivity contribution in [2.24, 2.45) is 12.8 Å². The van der Waals surface area contributed by atoms with E-state index in [1.165, 1.54) is 12.1 Å². The maximum atomic E-state index is 13.7. The summed E-state index contributed by atoms with van der Waals surface area (Å²) in [5, 5.41) is 4.72. The molecule has 0 bridgehead atoms. The van der Waals surface area contributed by atoms with Crippen LogP contribution in [0, 0.1) is 12.7 Å². The fourth-order valence-corrected chi connectivity index (χ4v) is 2.15. The summed E-state index contributed by atoms with van der Waals surface area (Å²) in [4.78, 5) is 0.0133. The molecule has 2 N–H and O–H groups in total. The normalized spacial score (nSPS) is 10.6. The number of halogens is 2. The van der Waals surface area contributed by atoms with Crippen LogP contribution in [0.15, 0.2) is 18.2 Å². The van der Waals surface area contributed by atoms with Gasteiger partial charge in [-0.3, -0.25) is 4.68 Å². The third kappa shape index (κ3) is 2.91. The Labute approximate surface area is 126 Å². The summed E-state index contributed by atoms with van der Waals surface area (Å²) in [6, 6.07) is 4.34. The van der Waals surface area contributed by atoms with Crippen molar-refractivity contribution < 1.29 is 9.13 Å². The first kappa shape index (κ1) is 14.7. The Hall–Kier alpha value is -1.66. The number of nitrogens with two attached hydrogens (primary N) is 1. The molecule has 0 saturated heterocycles. The molecule has 0 amide bonds. The molecule has 106 valence electrons. The van der Waals surface area contributed by atoms with Gasteiger partial charge in [-0.15, -0.1) is 0 Å². The highest BCUT2D eigenvalue weighted by Gasteiger charge is 2.12. The third-order valence-corrected chi connectivity index (χ3v) is 3.55. The van der Waals surface area contributed by atoms with Crippen LogP contribution >= 0.6 is 23.8 Å². The van der Waals surface area contributed by atoms with Crippen molar-refractivity contribution in [2.75, 3.05) is 0 Å². The molecule has 4 nitrogen and oxygen atoms in total. The zero-order valence-corrected chi connectivity index (χ0v) is 12.6. The van der Waals surface area contributed by atoms with E-state index in [0.29, 0.717) is 10.8 Å². The maximum absolute atomic E-state index is 13.7. The maximum Gasteiger partial charge on any atom is 0.137 e. The Kier molecular flexibility index (Phi) is 4.25. The highest BCUT2D eigenvalue weighted by atomic mass is 35.5. The van der Waals surface area contributed by atoms with Gasteiger partial charge in [0.1, 0.15) is 23.2 Å². The van der Waals surface area contributed by atoms with Crippen molar-refractivity contribution >= 4 is 28.8 Å². The molecule has 0 aliphatic rings. The predicted molar refractivity (Wildman–Crippen MR) is 79.6 cm³/mol. The van der Waals surface area contributed by atoms with Crippen molar-refractivity contribution in [3.8, 4) is 5.75 Å². The molecule has 0 atom stereocenters. The zero-order valence-electron chi connectivity index (χ0n) is 11.0. The molecule has 0 fully saturated rings. The number of hydrogen-bond donors (Lipinski definition) is 1. The number of thiocarbonyl (C=S) groups is 1. The van der Waals surface area contributed by atoms with Crippen LogP contribution in [0.5, 0.6) is 5.75 Å². The lowest BCUT2D eigenvalue weighted by Crippen LogP contribution is -2.11. The van der Waals surface area contributed by atoms with Crippen LogP contribution in [-0.2, 0) is 13.7 Å². The van der Waals surface area contributed by atoms with Gasteiger partial charge in [-0.1, -0.05) is 23.8 Å². The molecule has 2 aromatic rings. The summed E-state index contributed by atoms with van der Waals surface area (Å²) in [7, 11) is 1.77. The van der Waals surface area contributed by atoms with Gasteiger partial charge < -0.3 is 10.5 Å². The van der Waals surface area contributed by atoms with Gasteiger partial charge in [0, 0.05) is 18.7 Å². The van der Waals surface area contributed by atoms with Crippen LogP contribution < -0.4 is 10.5 Å². The fourth-order valence-electron chi connectivity index (χ4n) is 1.77. The fraction of sp³-hybridized carbons (Fsp3) is 0.231. The van der Waals surface area contributed by atoms with Crippen molar-refractivity contribution in [2.45, 2.75) is 13.5 Å². The summed E-state index contributed by atoms with van der Waals surface area (Å²) in [5.74, 6) is -0.139. The number of hydrogen-bond acceptors (Lipinski definition) is 3. The first-order valence-electron chi connectivity index (χ1n) is 5.80. The molecular formula is C13H13ClFN3OS. The van der Waals surface area contributed by atoms with E-state index in [9.17, 15) is 4.39 Å². The van der Waals surface area contributed by atoms with Crippen LogP contribution in [0.2, 0.25) is 5.02 Å². The molecule has 0 saturated carbocycles. The largest absolute Gasteiger partial charge is 0.487 e. The molecule has 0 aliphatic heterocycles. The first-order chi connectivity index (χ1) is 9.40. The highest BCUT2D eigenvalue weighted by Crippen LogP contribution is 2.22. The van der Waals surface area contributed by atoms with Crippen LogP contribution in [0.1, 0.15) is 17.0 Å². The van der Waals surface area contributed by atoms with Gasteiger partial charge in [0.15, 0.2) is 0 Å². The number of benzene rings is 1. The Morgan fingerprint density at radius 1 is 1.55 bits per heavy atom. The second-order valence-corrected chi connectivity index (χ2v) is 5.08. The molecule has 0 radical (unpaired) electrons. The minimum Gasteiger partial charge on any atom is -0.487 e.